The average Bonchev–Trinajstić information content (AvgIpc) is 3.15. The van der Waals surface area contributed by atoms with E-state index in [1.807, 2.05) is 17.4 Å². The number of benzene rings is 1. The van der Waals surface area contributed by atoms with E-state index in [2.05, 4.69) is 21.2 Å². The predicted octanol–water partition coefficient (Wildman–Crippen LogP) is 5.21. The highest BCUT2D eigenvalue weighted by Crippen LogP contribution is 2.35. The van der Waals surface area contributed by atoms with Crippen LogP contribution < -0.4 is 0 Å². The van der Waals surface area contributed by atoms with E-state index in [1.54, 1.807) is 12.1 Å². The van der Waals surface area contributed by atoms with Gasteiger partial charge >= 0.3 is 0 Å². The first-order valence-electron chi connectivity index (χ1n) is 9.64. The zero-order valence-electron chi connectivity index (χ0n) is 15.3. The number of hydrogen-bond acceptors (Lipinski definition) is 3. The minimum Gasteiger partial charge on any atom is -0.334 e. The van der Waals surface area contributed by atoms with Gasteiger partial charge in [-0.2, -0.15) is 0 Å². The third-order valence-corrected chi connectivity index (χ3v) is 7.37. The predicted molar refractivity (Wildman–Crippen MR) is 113 cm³/mol. The van der Waals surface area contributed by atoms with Gasteiger partial charge in [0.1, 0.15) is 0 Å². The zero-order chi connectivity index (χ0) is 18.8. The van der Waals surface area contributed by atoms with Crippen LogP contribution in [0.5, 0.6) is 0 Å². The number of amides is 1. The number of carbonyl (C=O) groups is 1. The van der Waals surface area contributed by atoms with Crippen molar-refractivity contribution in [3.8, 4) is 0 Å². The molecule has 0 bridgehead atoms. The first-order chi connectivity index (χ1) is 13.1. The molecular weight excluding hydrogens is 399 g/mol. The summed E-state index contributed by atoms with van der Waals surface area (Å²) in [5.74, 6) is 0.173. The summed E-state index contributed by atoms with van der Waals surface area (Å²) in [6.45, 7) is 4.03. The van der Waals surface area contributed by atoms with Crippen LogP contribution in [-0.4, -0.2) is 41.9 Å². The Morgan fingerprint density at radius 3 is 2.67 bits per heavy atom. The molecule has 2 aliphatic rings. The fourth-order valence-corrected chi connectivity index (χ4v) is 5.45. The quantitative estimate of drug-likeness (QED) is 0.674. The number of hydrogen-bond donors (Lipinski definition) is 0. The molecule has 1 aromatic heterocycles. The maximum atomic E-state index is 13.2. The van der Waals surface area contributed by atoms with Gasteiger partial charge in [0.25, 0.3) is 0 Å². The molecule has 2 aliphatic heterocycles. The maximum Gasteiger partial charge on any atom is 0.227 e. The van der Waals surface area contributed by atoms with Crippen LogP contribution in [0, 0.1) is 0 Å². The summed E-state index contributed by atoms with van der Waals surface area (Å²) in [7, 11) is 0. The Labute approximate surface area is 174 Å². The van der Waals surface area contributed by atoms with Gasteiger partial charge in [-0.3, -0.25) is 4.79 Å². The summed E-state index contributed by atoms with van der Waals surface area (Å²) in [4.78, 5) is 19.2. The standard InChI is InChI=1S/C21H24Cl2N2OS/c22-17-5-4-15(12-18(17)23)13-21(26)25-10-6-20-16(7-11-27-20)19(25)14-24-8-2-1-3-9-24/h4-5,7,11-12,19H,1-3,6,8-10,13-14H2/t19-/m1/s1. The lowest BCUT2D eigenvalue weighted by atomic mass is 9.97. The molecule has 1 aromatic carbocycles. The van der Waals surface area contributed by atoms with E-state index in [0.717, 1.165) is 38.2 Å². The van der Waals surface area contributed by atoms with Crippen LogP contribution in [0.1, 0.15) is 41.3 Å². The van der Waals surface area contributed by atoms with Crippen molar-refractivity contribution >= 4 is 40.4 Å². The SMILES string of the molecule is O=C(Cc1ccc(Cl)c(Cl)c1)N1CCc2sccc2[C@H]1CN1CCCCC1. The number of nitrogens with zero attached hydrogens (tertiary/aromatic N) is 2. The lowest BCUT2D eigenvalue weighted by molar-refractivity contribution is -0.133. The van der Waals surface area contributed by atoms with Gasteiger partial charge in [0.05, 0.1) is 22.5 Å². The van der Waals surface area contributed by atoms with E-state index in [9.17, 15) is 4.79 Å². The molecule has 1 atom stereocenters. The normalized spacial score (nSPS) is 20.5. The largest absolute Gasteiger partial charge is 0.334 e. The van der Waals surface area contributed by atoms with Gasteiger partial charge in [-0.05, 0) is 67.1 Å². The van der Waals surface area contributed by atoms with Crippen molar-refractivity contribution in [3.63, 3.8) is 0 Å². The van der Waals surface area contributed by atoms with E-state index >= 15 is 0 Å². The van der Waals surface area contributed by atoms with Crippen molar-refractivity contribution in [2.45, 2.75) is 38.1 Å². The second kappa shape index (κ2) is 8.52. The summed E-state index contributed by atoms with van der Waals surface area (Å²) >= 11 is 14.0. The molecule has 1 saturated heterocycles. The van der Waals surface area contributed by atoms with Crippen molar-refractivity contribution in [1.29, 1.82) is 0 Å². The summed E-state index contributed by atoms with van der Waals surface area (Å²) in [6.07, 6.45) is 5.18. The fraction of sp³-hybridized carbons (Fsp3) is 0.476. The van der Waals surface area contributed by atoms with Gasteiger partial charge in [-0.25, -0.2) is 0 Å². The first-order valence-corrected chi connectivity index (χ1v) is 11.3. The molecule has 0 radical (unpaired) electrons. The van der Waals surface area contributed by atoms with E-state index < -0.39 is 0 Å². The third-order valence-electron chi connectivity index (χ3n) is 5.63. The van der Waals surface area contributed by atoms with Crippen LogP contribution in [0.4, 0.5) is 0 Å². The number of likely N-dealkylation sites (tertiary alicyclic amines) is 1. The molecule has 0 spiro atoms. The van der Waals surface area contributed by atoms with Gasteiger partial charge < -0.3 is 9.80 Å². The Morgan fingerprint density at radius 2 is 1.89 bits per heavy atom. The van der Waals surface area contributed by atoms with E-state index in [4.69, 9.17) is 23.2 Å². The van der Waals surface area contributed by atoms with Gasteiger partial charge in [-0.15, -0.1) is 11.3 Å². The molecule has 1 fully saturated rings. The van der Waals surface area contributed by atoms with Crippen molar-refractivity contribution in [2.24, 2.45) is 0 Å². The molecule has 0 saturated carbocycles. The van der Waals surface area contributed by atoms with Crippen molar-refractivity contribution in [3.05, 3.63) is 55.7 Å². The Balaban J connectivity index is 1.53. The van der Waals surface area contributed by atoms with Crippen molar-refractivity contribution in [2.75, 3.05) is 26.2 Å². The lowest BCUT2D eigenvalue weighted by Gasteiger charge is -2.40. The first kappa shape index (κ1) is 19.3. The van der Waals surface area contributed by atoms with E-state index in [1.165, 1.54) is 29.7 Å². The maximum absolute atomic E-state index is 13.2. The number of fused-ring (bicyclic) bond motifs is 1. The molecule has 1 amide bonds. The van der Waals surface area contributed by atoms with Gasteiger partial charge in [-0.1, -0.05) is 35.7 Å². The molecule has 0 N–H and O–H groups in total. The number of thiophene rings is 1. The molecule has 3 heterocycles. The molecule has 0 unspecified atom stereocenters. The number of piperidine rings is 1. The Hall–Kier alpha value is -1.07. The minimum atomic E-state index is 0.161. The molecule has 3 nitrogen and oxygen atoms in total. The summed E-state index contributed by atoms with van der Waals surface area (Å²) < 4.78 is 0. The topological polar surface area (TPSA) is 23.6 Å². The highest BCUT2D eigenvalue weighted by Gasteiger charge is 2.33. The van der Waals surface area contributed by atoms with Gasteiger partial charge in [0, 0.05) is 18.0 Å². The van der Waals surface area contributed by atoms with Crippen LogP contribution in [0.25, 0.3) is 0 Å². The highest BCUT2D eigenvalue weighted by molar-refractivity contribution is 7.10. The van der Waals surface area contributed by atoms with E-state index in [0.29, 0.717) is 16.5 Å². The van der Waals surface area contributed by atoms with Crippen molar-refractivity contribution in [1.82, 2.24) is 9.80 Å². The second-order valence-corrected chi connectivity index (χ2v) is 9.25. The molecule has 2 aromatic rings. The van der Waals surface area contributed by atoms with Crippen LogP contribution in [0.2, 0.25) is 10.0 Å². The summed E-state index contributed by atoms with van der Waals surface area (Å²) in [6, 6.07) is 7.85. The monoisotopic (exact) mass is 422 g/mol. The second-order valence-electron chi connectivity index (χ2n) is 7.44. The molecule has 144 valence electrons. The molecule has 6 heteroatoms. The number of halogens is 2. The smallest absolute Gasteiger partial charge is 0.227 e. The van der Waals surface area contributed by atoms with Gasteiger partial charge in [0.2, 0.25) is 5.91 Å². The zero-order valence-corrected chi connectivity index (χ0v) is 17.6. The lowest BCUT2D eigenvalue weighted by Crippen LogP contribution is -2.46. The minimum absolute atomic E-state index is 0.161. The molecular formula is C21H24Cl2N2OS. The van der Waals surface area contributed by atoms with Crippen LogP contribution in [0.3, 0.4) is 0 Å². The number of carbonyl (C=O) groups excluding carboxylic acids is 1. The van der Waals surface area contributed by atoms with Gasteiger partial charge in [0.15, 0.2) is 0 Å². The van der Waals surface area contributed by atoms with E-state index in [-0.39, 0.29) is 11.9 Å². The Kier molecular flexibility index (Phi) is 6.08. The Morgan fingerprint density at radius 1 is 1.07 bits per heavy atom. The fourth-order valence-electron chi connectivity index (χ4n) is 4.20. The van der Waals surface area contributed by atoms with Crippen LogP contribution in [0.15, 0.2) is 29.6 Å². The summed E-state index contributed by atoms with van der Waals surface area (Å²) in [5.41, 5.74) is 2.27. The Bertz CT molecular complexity index is 816. The summed E-state index contributed by atoms with van der Waals surface area (Å²) in [5, 5.41) is 3.20. The highest BCUT2D eigenvalue weighted by atomic mass is 35.5. The molecule has 0 aliphatic carbocycles. The molecule has 27 heavy (non-hydrogen) atoms. The third kappa shape index (κ3) is 4.34. The number of rotatable bonds is 4. The molecule has 4 rings (SSSR count). The van der Waals surface area contributed by atoms with Crippen LogP contribution in [-0.2, 0) is 17.6 Å². The van der Waals surface area contributed by atoms with Crippen LogP contribution >= 0.6 is 34.5 Å². The average molecular weight is 423 g/mol. The van der Waals surface area contributed by atoms with Crippen molar-refractivity contribution < 1.29 is 4.79 Å².